The first-order valence-electron chi connectivity index (χ1n) is 11.6. The Morgan fingerprint density at radius 2 is 1.69 bits per heavy atom. The molecule has 4 nitrogen and oxygen atoms in total. The third kappa shape index (κ3) is 4.54. The molecule has 0 N–H and O–H groups in total. The molecule has 0 spiro atoms. The van der Waals surface area contributed by atoms with Gasteiger partial charge in [0.25, 0.3) is 5.91 Å². The van der Waals surface area contributed by atoms with E-state index in [-0.39, 0.29) is 11.7 Å². The summed E-state index contributed by atoms with van der Waals surface area (Å²) in [6, 6.07) is 22.8. The zero-order valence-corrected chi connectivity index (χ0v) is 20.8. The highest BCUT2D eigenvalue weighted by Crippen LogP contribution is 2.37. The lowest BCUT2D eigenvalue weighted by Gasteiger charge is -2.12. The van der Waals surface area contributed by atoms with Crippen molar-refractivity contribution in [2.75, 3.05) is 6.54 Å². The number of carbonyl (C=O) groups is 1. The lowest BCUT2D eigenvalue weighted by Crippen LogP contribution is -2.28. The molecule has 1 aliphatic rings. The number of carbonyl (C=O) groups excluding carboxylic acids is 1. The summed E-state index contributed by atoms with van der Waals surface area (Å²) in [5, 5.41) is 1.78. The van der Waals surface area contributed by atoms with Crippen LogP contribution in [0, 0.1) is 19.7 Å². The van der Waals surface area contributed by atoms with Crippen LogP contribution in [-0.4, -0.2) is 27.1 Å². The van der Waals surface area contributed by atoms with Gasteiger partial charge in [0.15, 0.2) is 5.17 Å². The minimum atomic E-state index is -0.242. The number of nitrogens with zero attached hydrogens (tertiary/aromatic N) is 3. The smallest absolute Gasteiger partial charge is 0.266 e. The van der Waals surface area contributed by atoms with Gasteiger partial charge < -0.3 is 4.57 Å². The van der Waals surface area contributed by atoms with Crippen LogP contribution in [-0.2, 0) is 11.3 Å². The van der Waals surface area contributed by atoms with Gasteiger partial charge in [-0.2, -0.15) is 0 Å². The third-order valence-corrected chi connectivity index (χ3v) is 7.28. The Labute approximate surface area is 208 Å². The lowest BCUT2D eigenvalue weighted by molar-refractivity contribution is -0.122. The molecule has 5 rings (SSSR count). The highest BCUT2D eigenvalue weighted by atomic mass is 32.2. The maximum Gasteiger partial charge on any atom is 0.266 e. The number of likely N-dealkylation sites (N-methyl/N-ethyl adjacent to an activating group) is 1. The van der Waals surface area contributed by atoms with Gasteiger partial charge in [0.05, 0.1) is 10.6 Å². The van der Waals surface area contributed by atoms with Crippen molar-refractivity contribution >= 4 is 45.5 Å². The van der Waals surface area contributed by atoms with Crippen LogP contribution in [0.5, 0.6) is 0 Å². The average Bonchev–Trinajstić information content (AvgIpc) is 3.30. The topological polar surface area (TPSA) is 37.6 Å². The molecule has 1 aromatic heterocycles. The largest absolute Gasteiger partial charge is 0.340 e. The Hall–Kier alpha value is -3.64. The standard InChI is InChI=1S/C29H26FN3OS/c1-4-32-28(34)27(35-29(32)31-23-15-9-19(2)10-16-23)17-25-20(3)33(26-8-6-5-7-24(25)26)18-21-11-13-22(30)14-12-21/h5-17H,4,18H2,1-3H3/b27-17+,31-29?. The summed E-state index contributed by atoms with van der Waals surface area (Å²) in [5.41, 5.74) is 6.18. The van der Waals surface area contributed by atoms with Gasteiger partial charge in [-0.3, -0.25) is 9.69 Å². The Balaban J connectivity index is 1.55. The summed E-state index contributed by atoms with van der Waals surface area (Å²) in [5.74, 6) is -0.272. The van der Waals surface area contributed by atoms with E-state index in [2.05, 4.69) is 23.6 Å². The Morgan fingerprint density at radius 1 is 0.971 bits per heavy atom. The van der Waals surface area contributed by atoms with Gasteiger partial charge in [-0.05, 0) is 74.5 Å². The van der Waals surface area contributed by atoms with Crippen LogP contribution in [0.3, 0.4) is 0 Å². The number of thioether (sulfide) groups is 1. The van der Waals surface area contributed by atoms with Gasteiger partial charge in [0, 0.05) is 35.2 Å². The number of aromatic nitrogens is 1. The molecule has 3 aromatic carbocycles. The summed E-state index contributed by atoms with van der Waals surface area (Å²) in [4.78, 5) is 20.4. The van der Waals surface area contributed by atoms with Gasteiger partial charge in [0.1, 0.15) is 5.82 Å². The molecule has 0 atom stereocenters. The number of hydrogen-bond donors (Lipinski definition) is 0. The predicted octanol–water partition coefficient (Wildman–Crippen LogP) is 7.07. The summed E-state index contributed by atoms with van der Waals surface area (Å²) in [6.45, 7) is 7.25. The van der Waals surface area contributed by atoms with Gasteiger partial charge in [-0.25, -0.2) is 9.38 Å². The van der Waals surface area contributed by atoms with Crippen LogP contribution in [0.15, 0.2) is 82.7 Å². The molecule has 4 aromatic rings. The molecule has 0 aliphatic carbocycles. The van der Waals surface area contributed by atoms with Crippen LogP contribution in [0.25, 0.3) is 17.0 Å². The van der Waals surface area contributed by atoms with E-state index in [1.54, 1.807) is 4.90 Å². The van der Waals surface area contributed by atoms with E-state index in [9.17, 15) is 9.18 Å². The fourth-order valence-electron chi connectivity index (χ4n) is 4.35. The second-order valence-electron chi connectivity index (χ2n) is 8.62. The first-order chi connectivity index (χ1) is 16.9. The quantitative estimate of drug-likeness (QED) is 0.285. The van der Waals surface area contributed by atoms with Crippen molar-refractivity contribution in [3.8, 4) is 0 Å². The van der Waals surface area contributed by atoms with E-state index in [1.807, 2.05) is 68.5 Å². The fourth-order valence-corrected chi connectivity index (χ4v) is 5.39. The minimum Gasteiger partial charge on any atom is -0.340 e. The second-order valence-corrected chi connectivity index (χ2v) is 9.63. The van der Waals surface area contributed by atoms with Crippen LogP contribution in [0.4, 0.5) is 10.1 Å². The number of fused-ring (bicyclic) bond motifs is 1. The molecule has 0 saturated carbocycles. The van der Waals surface area contributed by atoms with Crippen LogP contribution in [0.2, 0.25) is 0 Å². The van der Waals surface area contributed by atoms with E-state index in [0.29, 0.717) is 23.2 Å². The molecule has 1 aliphatic heterocycles. The molecule has 1 saturated heterocycles. The first-order valence-corrected chi connectivity index (χ1v) is 12.5. The van der Waals surface area contributed by atoms with Crippen LogP contribution in [0.1, 0.15) is 29.3 Å². The van der Waals surface area contributed by atoms with Crippen molar-refractivity contribution in [1.82, 2.24) is 9.47 Å². The van der Waals surface area contributed by atoms with Crippen LogP contribution < -0.4 is 0 Å². The molecule has 0 bridgehead atoms. The number of halogens is 1. The molecular weight excluding hydrogens is 457 g/mol. The number of amidine groups is 1. The van der Waals surface area contributed by atoms with Crippen molar-refractivity contribution in [1.29, 1.82) is 0 Å². The number of para-hydroxylation sites is 1. The van der Waals surface area contributed by atoms with Gasteiger partial charge in [0.2, 0.25) is 0 Å². The fraction of sp³-hybridized carbons (Fsp3) is 0.172. The zero-order valence-electron chi connectivity index (χ0n) is 20.0. The summed E-state index contributed by atoms with van der Waals surface area (Å²) in [7, 11) is 0. The Kier molecular flexibility index (Phi) is 6.31. The number of rotatable bonds is 5. The van der Waals surface area contributed by atoms with Crippen molar-refractivity contribution in [3.05, 3.63) is 106 Å². The van der Waals surface area contributed by atoms with Gasteiger partial charge in [-0.1, -0.05) is 48.0 Å². The molecule has 6 heteroatoms. The van der Waals surface area contributed by atoms with Crippen molar-refractivity contribution < 1.29 is 9.18 Å². The molecular formula is C29H26FN3OS. The van der Waals surface area contributed by atoms with E-state index < -0.39 is 0 Å². The molecule has 1 amide bonds. The maximum atomic E-state index is 13.4. The number of hydrogen-bond acceptors (Lipinski definition) is 3. The normalized spacial score (nSPS) is 16.2. The van der Waals surface area contributed by atoms with Crippen molar-refractivity contribution in [2.24, 2.45) is 4.99 Å². The highest BCUT2D eigenvalue weighted by molar-refractivity contribution is 8.18. The monoisotopic (exact) mass is 483 g/mol. The number of aryl methyl sites for hydroxylation is 1. The third-order valence-electron chi connectivity index (χ3n) is 6.27. The summed E-state index contributed by atoms with van der Waals surface area (Å²) < 4.78 is 15.6. The zero-order chi connectivity index (χ0) is 24.5. The van der Waals surface area contributed by atoms with Crippen molar-refractivity contribution in [3.63, 3.8) is 0 Å². The van der Waals surface area contributed by atoms with E-state index in [4.69, 9.17) is 4.99 Å². The summed E-state index contributed by atoms with van der Waals surface area (Å²) >= 11 is 1.41. The predicted molar refractivity (Wildman–Crippen MR) is 143 cm³/mol. The molecule has 0 radical (unpaired) electrons. The lowest BCUT2D eigenvalue weighted by atomic mass is 10.1. The SMILES string of the molecule is CCN1C(=O)/C(=C\c2c(C)n(Cc3ccc(F)cc3)c3ccccc23)SC1=Nc1ccc(C)cc1. The molecule has 0 unspecified atom stereocenters. The van der Waals surface area contributed by atoms with Crippen molar-refractivity contribution in [2.45, 2.75) is 27.3 Å². The second kappa shape index (κ2) is 9.55. The Morgan fingerprint density at radius 3 is 2.40 bits per heavy atom. The maximum absolute atomic E-state index is 13.4. The van der Waals surface area contributed by atoms with Gasteiger partial charge >= 0.3 is 0 Å². The van der Waals surface area contributed by atoms with E-state index >= 15 is 0 Å². The van der Waals surface area contributed by atoms with Crippen LogP contribution >= 0.6 is 11.8 Å². The number of amides is 1. The highest BCUT2D eigenvalue weighted by Gasteiger charge is 2.32. The first kappa shape index (κ1) is 23.1. The van der Waals surface area contributed by atoms with E-state index in [0.717, 1.165) is 33.4 Å². The number of aliphatic imine (C=N–C) groups is 1. The van der Waals surface area contributed by atoms with E-state index in [1.165, 1.54) is 29.5 Å². The number of benzene rings is 3. The summed E-state index contributed by atoms with van der Waals surface area (Å²) in [6.07, 6.45) is 1.99. The Bertz CT molecular complexity index is 1470. The molecule has 2 heterocycles. The molecule has 35 heavy (non-hydrogen) atoms. The molecule has 1 fully saturated rings. The minimum absolute atomic E-state index is 0.0295. The molecule has 176 valence electrons. The van der Waals surface area contributed by atoms with Gasteiger partial charge in [-0.15, -0.1) is 0 Å². The average molecular weight is 484 g/mol.